The average molecular weight is 302 g/mol. The van der Waals surface area contributed by atoms with Gasteiger partial charge in [0.15, 0.2) is 0 Å². The molecule has 0 radical (unpaired) electrons. The van der Waals surface area contributed by atoms with Gasteiger partial charge in [0, 0.05) is 31.3 Å². The van der Waals surface area contributed by atoms with E-state index in [0.717, 1.165) is 55.9 Å². The Morgan fingerprint density at radius 1 is 1.36 bits per heavy atom. The zero-order valence-corrected chi connectivity index (χ0v) is 12.4. The van der Waals surface area contributed by atoms with Crippen LogP contribution in [-0.2, 0) is 17.7 Å². The normalized spacial score (nSPS) is 20.3. The molecule has 0 N–H and O–H groups in total. The summed E-state index contributed by atoms with van der Waals surface area (Å²) in [6.45, 7) is 2.30. The summed E-state index contributed by atoms with van der Waals surface area (Å²) in [6.07, 6.45) is 6.36. The number of ether oxygens (including phenoxy) is 2. The first-order valence-corrected chi connectivity index (χ1v) is 7.90. The lowest BCUT2D eigenvalue weighted by Gasteiger charge is -2.14. The fourth-order valence-corrected chi connectivity index (χ4v) is 3.17. The van der Waals surface area contributed by atoms with Crippen molar-refractivity contribution in [2.24, 2.45) is 0 Å². The van der Waals surface area contributed by atoms with Crippen molar-refractivity contribution in [3.05, 3.63) is 36.0 Å². The summed E-state index contributed by atoms with van der Waals surface area (Å²) < 4.78 is 27.3. The number of fused-ring (bicyclic) bond motifs is 1. The topological polar surface area (TPSA) is 36.3 Å². The molecule has 116 valence electrons. The number of nitrogens with zero attached hydrogens (tertiary/aromatic N) is 2. The van der Waals surface area contributed by atoms with Crippen molar-refractivity contribution in [3.8, 4) is 17.0 Å². The molecule has 0 saturated carbocycles. The number of aromatic nitrogens is 2. The minimum Gasteiger partial charge on any atom is -0.490 e. The highest BCUT2D eigenvalue weighted by atomic mass is 19.1. The van der Waals surface area contributed by atoms with Crippen LogP contribution in [0, 0.1) is 5.82 Å². The van der Waals surface area contributed by atoms with Crippen molar-refractivity contribution in [3.63, 3.8) is 0 Å². The van der Waals surface area contributed by atoms with Gasteiger partial charge in [-0.15, -0.1) is 0 Å². The molecule has 1 atom stereocenters. The summed E-state index contributed by atoms with van der Waals surface area (Å²) in [5.41, 5.74) is 1.51. The van der Waals surface area contributed by atoms with Gasteiger partial charge in [-0.05, 0) is 37.5 Å². The summed E-state index contributed by atoms with van der Waals surface area (Å²) in [6, 6.07) is 4.62. The van der Waals surface area contributed by atoms with Crippen molar-refractivity contribution in [2.75, 3.05) is 13.2 Å². The molecule has 2 aliphatic heterocycles. The van der Waals surface area contributed by atoms with Gasteiger partial charge in [0.2, 0.25) is 0 Å². The van der Waals surface area contributed by atoms with Crippen LogP contribution in [0.1, 0.15) is 25.1 Å². The van der Waals surface area contributed by atoms with Crippen LogP contribution < -0.4 is 4.74 Å². The number of halogens is 1. The van der Waals surface area contributed by atoms with Crippen molar-refractivity contribution < 1.29 is 13.9 Å². The van der Waals surface area contributed by atoms with Gasteiger partial charge >= 0.3 is 0 Å². The molecule has 2 aromatic rings. The van der Waals surface area contributed by atoms with E-state index in [2.05, 4.69) is 9.55 Å². The van der Waals surface area contributed by atoms with E-state index < -0.39 is 0 Å². The molecule has 1 fully saturated rings. The number of benzene rings is 1. The third kappa shape index (κ3) is 2.61. The number of rotatable bonds is 4. The van der Waals surface area contributed by atoms with Crippen LogP contribution in [0.5, 0.6) is 5.75 Å². The Morgan fingerprint density at radius 3 is 3.14 bits per heavy atom. The number of hydrogen-bond donors (Lipinski definition) is 0. The Balaban J connectivity index is 1.60. The smallest absolute Gasteiger partial charge is 0.129 e. The Morgan fingerprint density at radius 2 is 2.32 bits per heavy atom. The van der Waals surface area contributed by atoms with Crippen LogP contribution in [0.4, 0.5) is 4.39 Å². The van der Waals surface area contributed by atoms with E-state index in [4.69, 9.17) is 9.47 Å². The maximum absolute atomic E-state index is 13.7. The third-order valence-corrected chi connectivity index (χ3v) is 4.32. The zero-order valence-electron chi connectivity index (χ0n) is 12.4. The second-order valence-electron chi connectivity index (χ2n) is 5.93. The quantitative estimate of drug-likeness (QED) is 0.870. The predicted octanol–water partition coefficient (Wildman–Crippen LogP) is 3.19. The maximum Gasteiger partial charge on any atom is 0.129 e. The summed E-state index contributed by atoms with van der Waals surface area (Å²) >= 11 is 0. The first-order valence-electron chi connectivity index (χ1n) is 7.90. The molecular weight excluding hydrogens is 283 g/mol. The molecule has 0 bridgehead atoms. The first kappa shape index (κ1) is 13.8. The van der Waals surface area contributed by atoms with Crippen molar-refractivity contribution >= 4 is 0 Å². The molecule has 1 aromatic carbocycles. The molecule has 0 amide bonds. The molecule has 4 rings (SSSR count). The van der Waals surface area contributed by atoms with Gasteiger partial charge in [0.05, 0.1) is 11.8 Å². The van der Waals surface area contributed by atoms with Crippen molar-refractivity contribution in [1.29, 1.82) is 0 Å². The monoisotopic (exact) mass is 302 g/mol. The van der Waals surface area contributed by atoms with Crippen molar-refractivity contribution in [1.82, 2.24) is 9.55 Å². The molecule has 22 heavy (non-hydrogen) atoms. The zero-order chi connectivity index (χ0) is 14.9. The predicted molar refractivity (Wildman–Crippen MR) is 80.4 cm³/mol. The van der Waals surface area contributed by atoms with Crippen LogP contribution in [0.25, 0.3) is 11.3 Å². The fraction of sp³-hybridized carbons (Fsp3) is 0.471. The Hall–Kier alpha value is -1.88. The van der Waals surface area contributed by atoms with Crippen LogP contribution in [0.2, 0.25) is 0 Å². The Labute approximate surface area is 128 Å². The highest BCUT2D eigenvalue weighted by molar-refractivity contribution is 5.67. The summed E-state index contributed by atoms with van der Waals surface area (Å²) in [7, 11) is 0. The highest BCUT2D eigenvalue weighted by Crippen LogP contribution is 2.32. The first-order chi connectivity index (χ1) is 10.8. The van der Waals surface area contributed by atoms with Crippen LogP contribution in [0.3, 0.4) is 0 Å². The lowest BCUT2D eigenvalue weighted by Crippen LogP contribution is -2.16. The van der Waals surface area contributed by atoms with Gasteiger partial charge in [-0.25, -0.2) is 9.37 Å². The molecule has 0 spiro atoms. The van der Waals surface area contributed by atoms with Crippen LogP contribution in [-0.4, -0.2) is 28.9 Å². The van der Waals surface area contributed by atoms with E-state index >= 15 is 0 Å². The van der Waals surface area contributed by atoms with E-state index in [0.29, 0.717) is 12.4 Å². The largest absolute Gasteiger partial charge is 0.490 e. The Bertz CT molecular complexity index is 656. The number of hydrogen-bond acceptors (Lipinski definition) is 3. The fourth-order valence-electron chi connectivity index (χ4n) is 3.17. The summed E-state index contributed by atoms with van der Waals surface area (Å²) in [4.78, 5) is 4.63. The molecule has 4 nitrogen and oxygen atoms in total. The molecular formula is C17H19FN2O2. The maximum atomic E-state index is 13.7. The summed E-state index contributed by atoms with van der Waals surface area (Å²) in [5.74, 6) is 1.48. The number of aryl methyl sites for hydroxylation is 2. The lowest BCUT2D eigenvalue weighted by molar-refractivity contribution is 0.0681. The van der Waals surface area contributed by atoms with E-state index in [1.54, 1.807) is 6.07 Å². The summed E-state index contributed by atoms with van der Waals surface area (Å²) in [5, 5.41) is 0. The van der Waals surface area contributed by atoms with Crippen molar-refractivity contribution in [2.45, 2.75) is 38.3 Å². The van der Waals surface area contributed by atoms with Crippen LogP contribution >= 0.6 is 0 Å². The molecule has 1 unspecified atom stereocenters. The van der Waals surface area contributed by atoms with E-state index in [1.165, 1.54) is 12.1 Å². The number of imidazole rings is 1. The van der Waals surface area contributed by atoms with Gasteiger partial charge < -0.3 is 14.0 Å². The average Bonchev–Trinajstić information content (AvgIpc) is 3.22. The van der Waals surface area contributed by atoms with E-state index in [9.17, 15) is 4.39 Å². The van der Waals surface area contributed by atoms with Crippen LogP contribution in [0.15, 0.2) is 24.4 Å². The molecule has 3 heterocycles. The molecule has 2 aliphatic rings. The van der Waals surface area contributed by atoms with E-state index in [-0.39, 0.29) is 11.9 Å². The molecule has 1 aromatic heterocycles. The standard InChI is InChI=1S/C17H19FN2O2/c18-12-5-6-16(22-11-13-3-2-8-21-13)14(9-12)15-10-20-7-1-4-17(20)19-15/h5-6,9-10,13H,1-4,7-8,11H2. The molecule has 5 heteroatoms. The minimum absolute atomic E-state index is 0.143. The molecule has 0 aliphatic carbocycles. The SMILES string of the molecule is Fc1ccc(OCC2CCCO2)c(-c2cn3c(n2)CCC3)c1. The van der Waals surface area contributed by atoms with Gasteiger partial charge in [0.25, 0.3) is 0 Å². The van der Waals surface area contributed by atoms with Gasteiger partial charge in [0.1, 0.15) is 24.0 Å². The second kappa shape index (κ2) is 5.72. The second-order valence-corrected chi connectivity index (χ2v) is 5.93. The molecule has 1 saturated heterocycles. The van der Waals surface area contributed by atoms with Gasteiger partial charge in [-0.2, -0.15) is 0 Å². The highest BCUT2D eigenvalue weighted by Gasteiger charge is 2.20. The minimum atomic E-state index is -0.271. The van der Waals surface area contributed by atoms with Gasteiger partial charge in [-0.3, -0.25) is 0 Å². The third-order valence-electron chi connectivity index (χ3n) is 4.32. The Kier molecular flexibility index (Phi) is 3.58. The lowest BCUT2D eigenvalue weighted by atomic mass is 10.1. The van der Waals surface area contributed by atoms with Gasteiger partial charge in [-0.1, -0.05) is 0 Å². The van der Waals surface area contributed by atoms with E-state index in [1.807, 2.05) is 6.20 Å².